The molecular formula is C17H22N2O4S. The molecule has 0 aromatic carbocycles. The first-order chi connectivity index (χ1) is 11.4. The molecule has 0 spiro atoms. The van der Waals surface area contributed by atoms with Crippen LogP contribution in [0.3, 0.4) is 0 Å². The van der Waals surface area contributed by atoms with E-state index >= 15 is 0 Å². The molecule has 0 radical (unpaired) electrons. The number of carbonyl (C=O) groups excluding carboxylic acids is 2. The molecule has 1 aromatic rings. The third-order valence-corrected chi connectivity index (χ3v) is 6.40. The fourth-order valence-electron chi connectivity index (χ4n) is 4.31. The number of hydrogen-bond acceptors (Lipinski definition) is 4. The highest BCUT2D eigenvalue weighted by molar-refractivity contribution is 7.16. The molecule has 2 aliphatic rings. The van der Waals surface area contributed by atoms with E-state index < -0.39 is 23.7 Å². The summed E-state index contributed by atoms with van der Waals surface area (Å²) in [5, 5.41) is 12.7. The Balaban J connectivity index is 1.82. The fraction of sp³-hybridized carbons (Fsp3) is 0.588. The van der Waals surface area contributed by atoms with Crippen molar-refractivity contribution < 1.29 is 19.5 Å². The Bertz CT molecular complexity index is 684. The van der Waals surface area contributed by atoms with Gasteiger partial charge in [0.1, 0.15) is 5.00 Å². The van der Waals surface area contributed by atoms with E-state index in [9.17, 15) is 19.5 Å². The van der Waals surface area contributed by atoms with Gasteiger partial charge in [0, 0.05) is 4.88 Å². The van der Waals surface area contributed by atoms with Gasteiger partial charge in [0.15, 0.2) is 0 Å². The van der Waals surface area contributed by atoms with Crippen LogP contribution < -0.4 is 11.1 Å². The second-order valence-corrected chi connectivity index (χ2v) is 7.92. The van der Waals surface area contributed by atoms with Crippen LogP contribution in [-0.4, -0.2) is 22.9 Å². The van der Waals surface area contributed by atoms with Gasteiger partial charge in [-0.2, -0.15) is 0 Å². The summed E-state index contributed by atoms with van der Waals surface area (Å²) < 4.78 is 0. The average molecular weight is 350 g/mol. The van der Waals surface area contributed by atoms with E-state index in [2.05, 4.69) is 5.32 Å². The smallest absolute Gasteiger partial charge is 0.307 e. The van der Waals surface area contributed by atoms with E-state index in [1.165, 1.54) is 11.3 Å². The van der Waals surface area contributed by atoms with Gasteiger partial charge in [-0.1, -0.05) is 13.3 Å². The molecule has 1 aromatic heterocycles. The van der Waals surface area contributed by atoms with Gasteiger partial charge >= 0.3 is 5.97 Å². The highest BCUT2D eigenvalue weighted by Crippen LogP contribution is 2.52. The average Bonchev–Trinajstić information content (AvgIpc) is 3.20. The minimum atomic E-state index is -0.893. The van der Waals surface area contributed by atoms with Gasteiger partial charge in [-0.25, -0.2) is 0 Å². The summed E-state index contributed by atoms with van der Waals surface area (Å²) in [6.07, 6.45) is 4.34. The zero-order chi connectivity index (χ0) is 17.4. The predicted molar refractivity (Wildman–Crippen MR) is 90.9 cm³/mol. The SMILES string of the molecule is CCCc1cc(C(N)=O)c(NC(=O)[C@@H]2[C@H]3CC[C@@H](C3)[C@@H]2C(=O)O)s1. The van der Waals surface area contributed by atoms with Crippen LogP contribution in [0.5, 0.6) is 0 Å². The molecule has 7 heteroatoms. The van der Waals surface area contributed by atoms with Gasteiger partial charge in [-0.15, -0.1) is 11.3 Å². The molecule has 2 aliphatic carbocycles. The summed E-state index contributed by atoms with van der Waals surface area (Å²) in [5.41, 5.74) is 5.72. The molecule has 24 heavy (non-hydrogen) atoms. The van der Waals surface area contributed by atoms with Crippen LogP contribution in [0.25, 0.3) is 0 Å². The number of amides is 2. The summed E-state index contributed by atoms with van der Waals surface area (Å²) in [6, 6.07) is 1.72. The van der Waals surface area contributed by atoms with Gasteiger partial charge in [-0.3, -0.25) is 14.4 Å². The Morgan fingerprint density at radius 2 is 1.96 bits per heavy atom. The molecule has 2 fully saturated rings. The third-order valence-electron chi connectivity index (χ3n) is 5.29. The van der Waals surface area contributed by atoms with Gasteiger partial charge in [-0.05, 0) is 43.6 Å². The Morgan fingerprint density at radius 3 is 2.54 bits per heavy atom. The highest BCUT2D eigenvalue weighted by atomic mass is 32.1. The van der Waals surface area contributed by atoms with Crippen LogP contribution in [-0.2, 0) is 16.0 Å². The first-order valence-electron chi connectivity index (χ1n) is 8.38. The van der Waals surface area contributed by atoms with Crippen molar-refractivity contribution in [3.05, 3.63) is 16.5 Å². The van der Waals surface area contributed by atoms with Crippen molar-refractivity contribution >= 4 is 34.1 Å². The number of fused-ring (bicyclic) bond motifs is 2. The number of anilines is 1. The van der Waals surface area contributed by atoms with Crippen molar-refractivity contribution in [3.63, 3.8) is 0 Å². The normalized spacial score (nSPS) is 28.0. The molecule has 2 saturated carbocycles. The number of aliphatic carboxylic acids is 1. The number of nitrogens with two attached hydrogens (primary N) is 1. The van der Waals surface area contributed by atoms with Crippen LogP contribution in [0.2, 0.25) is 0 Å². The number of rotatable bonds is 6. The van der Waals surface area contributed by atoms with Gasteiger partial charge < -0.3 is 16.2 Å². The van der Waals surface area contributed by atoms with Crippen LogP contribution in [0.15, 0.2) is 6.07 Å². The molecule has 0 unspecified atom stereocenters. The number of carbonyl (C=O) groups is 3. The molecule has 2 bridgehead atoms. The van der Waals surface area contributed by atoms with Crippen LogP contribution >= 0.6 is 11.3 Å². The lowest BCUT2D eigenvalue weighted by atomic mass is 9.79. The van der Waals surface area contributed by atoms with Crippen molar-refractivity contribution in [3.8, 4) is 0 Å². The lowest BCUT2D eigenvalue weighted by Gasteiger charge is -2.26. The van der Waals surface area contributed by atoms with Crippen LogP contribution in [0.1, 0.15) is 47.8 Å². The Kier molecular flexibility index (Phi) is 4.62. The van der Waals surface area contributed by atoms with Crippen molar-refractivity contribution in [1.29, 1.82) is 0 Å². The Morgan fingerprint density at radius 1 is 1.29 bits per heavy atom. The zero-order valence-electron chi connectivity index (χ0n) is 13.6. The number of carboxylic acid groups (broad SMARTS) is 1. The first kappa shape index (κ1) is 17.0. The van der Waals surface area contributed by atoms with Crippen LogP contribution in [0, 0.1) is 23.7 Å². The number of nitrogens with one attached hydrogen (secondary N) is 1. The predicted octanol–water partition coefficient (Wildman–Crippen LogP) is 2.48. The number of thiophene rings is 1. The topological polar surface area (TPSA) is 109 Å². The maximum Gasteiger partial charge on any atom is 0.307 e. The number of primary amides is 1. The molecule has 6 nitrogen and oxygen atoms in total. The van der Waals surface area contributed by atoms with E-state index in [1.54, 1.807) is 6.07 Å². The van der Waals surface area contributed by atoms with Gasteiger partial charge in [0.25, 0.3) is 5.91 Å². The molecule has 1 heterocycles. The first-order valence-corrected chi connectivity index (χ1v) is 9.20. The van der Waals surface area contributed by atoms with E-state index in [0.29, 0.717) is 10.6 Å². The molecular weight excluding hydrogens is 328 g/mol. The summed E-state index contributed by atoms with van der Waals surface area (Å²) >= 11 is 1.35. The van der Waals surface area contributed by atoms with Gasteiger partial charge in [0.2, 0.25) is 5.91 Å². The summed E-state index contributed by atoms with van der Waals surface area (Å²) in [7, 11) is 0. The second-order valence-electron chi connectivity index (χ2n) is 6.78. The molecule has 0 aliphatic heterocycles. The second kappa shape index (κ2) is 6.55. The van der Waals surface area contributed by atoms with Crippen molar-refractivity contribution in [1.82, 2.24) is 0 Å². The molecule has 4 atom stereocenters. The lowest BCUT2D eigenvalue weighted by molar-refractivity contribution is -0.148. The molecule has 3 rings (SSSR count). The third kappa shape index (κ3) is 2.92. The van der Waals surface area contributed by atoms with E-state index in [1.807, 2.05) is 6.92 Å². The van der Waals surface area contributed by atoms with Gasteiger partial charge in [0.05, 0.1) is 17.4 Å². The Hall–Kier alpha value is -1.89. The minimum absolute atomic E-state index is 0.0952. The minimum Gasteiger partial charge on any atom is -0.481 e. The summed E-state index contributed by atoms with van der Waals surface area (Å²) in [5.74, 6) is -2.67. The van der Waals surface area contributed by atoms with Crippen molar-refractivity contribution in [2.75, 3.05) is 5.32 Å². The van der Waals surface area contributed by atoms with E-state index in [4.69, 9.17) is 5.73 Å². The standard InChI is InChI=1S/C17H22N2O4S/c1-2-3-10-7-11(14(18)20)16(24-10)19-15(21)12-8-4-5-9(6-8)13(12)17(22)23/h7-9,12-13H,2-6H2,1H3,(H2,18,20)(H,19,21)(H,22,23)/t8-,9-,12+,13-/m0/s1. The highest BCUT2D eigenvalue weighted by Gasteiger charge is 2.54. The molecule has 0 saturated heterocycles. The Labute approximate surface area is 144 Å². The van der Waals surface area contributed by atoms with E-state index in [0.717, 1.165) is 37.0 Å². The largest absolute Gasteiger partial charge is 0.481 e. The van der Waals surface area contributed by atoms with Crippen LogP contribution in [0.4, 0.5) is 5.00 Å². The quantitative estimate of drug-likeness (QED) is 0.732. The van der Waals surface area contributed by atoms with Crippen molar-refractivity contribution in [2.45, 2.75) is 39.0 Å². The van der Waals surface area contributed by atoms with E-state index in [-0.39, 0.29) is 17.7 Å². The molecule has 2 amide bonds. The number of carboxylic acids is 1. The fourth-order valence-corrected chi connectivity index (χ4v) is 5.47. The maximum absolute atomic E-state index is 12.7. The monoisotopic (exact) mass is 350 g/mol. The molecule has 130 valence electrons. The number of aryl methyl sites for hydroxylation is 1. The zero-order valence-corrected chi connectivity index (χ0v) is 14.4. The number of hydrogen-bond donors (Lipinski definition) is 3. The molecule has 4 N–H and O–H groups in total. The lowest BCUT2D eigenvalue weighted by Crippen LogP contribution is -2.38. The maximum atomic E-state index is 12.7. The van der Waals surface area contributed by atoms with Crippen molar-refractivity contribution in [2.24, 2.45) is 29.4 Å². The summed E-state index contributed by atoms with van der Waals surface area (Å²) in [6.45, 7) is 2.04. The summed E-state index contributed by atoms with van der Waals surface area (Å²) in [4.78, 5) is 36.9.